The van der Waals surface area contributed by atoms with Gasteiger partial charge in [0.05, 0.1) is 5.52 Å². The lowest BCUT2D eigenvalue weighted by Gasteiger charge is -1.98. The molecule has 4 nitrogen and oxygen atoms in total. The molecule has 3 rings (SSSR count). The molecule has 0 bridgehead atoms. The van der Waals surface area contributed by atoms with Gasteiger partial charge in [0, 0.05) is 17.1 Å². The van der Waals surface area contributed by atoms with E-state index in [4.69, 9.17) is 16.1 Å². The van der Waals surface area contributed by atoms with Crippen LogP contribution in [0.1, 0.15) is 5.89 Å². The van der Waals surface area contributed by atoms with Crippen LogP contribution in [0.3, 0.4) is 0 Å². The van der Waals surface area contributed by atoms with Crippen LogP contribution < -0.4 is 0 Å². The summed E-state index contributed by atoms with van der Waals surface area (Å²) in [6.07, 6.45) is 1.76. The molecule has 0 aliphatic heterocycles. The van der Waals surface area contributed by atoms with E-state index in [2.05, 4.69) is 15.1 Å². The van der Waals surface area contributed by atoms with Gasteiger partial charge in [-0.25, -0.2) is 0 Å². The summed E-state index contributed by atoms with van der Waals surface area (Å²) in [6.45, 7) is 0. The predicted octanol–water partition coefficient (Wildman–Crippen LogP) is 3.02. The monoisotopic (exact) mass is 245 g/mol. The third-order valence-corrected chi connectivity index (χ3v) is 2.68. The second-order valence-corrected chi connectivity index (χ2v) is 3.82. The van der Waals surface area contributed by atoms with Crippen molar-refractivity contribution < 1.29 is 4.52 Å². The third kappa shape index (κ3) is 1.87. The average molecular weight is 246 g/mol. The smallest absolute Gasteiger partial charge is 0.241 e. The predicted molar refractivity (Wildman–Crippen MR) is 64.6 cm³/mol. The van der Waals surface area contributed by atoms with Crippen molar-refractivity contribution in [2.24, 2.45) is 0 Å². The van der Waals surface area contributed by atoms with Gasteiger partial charge in [0.1, 0.15) is 5.88 Å². The largest absolute Gasteiger partial charge is 0.338 e. The van der Waals surface area contributed by atoms with E-state index in [9.17, 15) is 0 Å². The second-order valence-electron chi connectivity index (χ2n) is 3.56. The highest BCUT2D eigenvalue weighted by molar-refractivity contribution is 6.16. The molecule has 0 atom stereocenters. The Kier molecular flexibility index (Phi) is 2.49. The van der Waals surface area contributed by atoms with E-state index in [0.29, 0.717) is 11.7 Å². The van der Waals surface area contributed by atoms with Gasteiger partial charge in [-0.1, -0.05) is 23.4 Å². The van der Waals surface area contributed by atoms with Crippen LogP contribution in [0.2, 0.25) is 0 Å². The summed E-state index contributed by atoms with van der Waals surface area (Å²) in [5.74, 6) is 1.18. The molecule has 2 heterocycles. The van der Waals surface area contributed by atoms with Crippen molar-refractivity contribution in [3.63, 3.8) is 0 Å². The summed E-state index contributed by atoms with van der Waals surface area (Å²) in [4.78, 5) is 8.45. The Labute approximate surface area is 102 Å². The molecule has 0 aliphatic carbocycles. The van der Waals surface area contributed by atoms with E-state index in [-0.39, 0.29) is 5.88 Å². The summed E-state index contributed by atoms with van der Waals surface area (Å²) in [6, 6.07) is 9.76. The lowest BCUT2D eigenvalue weighted by molar-refractivity contribution is 0.391. The summed E-state index contributed by atoms with van der Waals surface area (Å²) >= 11 is 5.61. The molecule has 0 saturated heterocycles. The molecule has 3 aromatic rings. The molecular weight excluding hydrogens is 238 g/mol. The summed E-state index contributed by atoms with van der Waals surface area (Å²) in [5.41, 5.74) is 1.78. The highest BCUT2D eigenvalue weighted by Crippen LogP contribution is 2.21. The standard InChI is InChI=1S/C12H8ClN3O/c13-7-11-15-12(16-17-11)9-4-3-8-2-1-5-14-10(8)6-9/h1-6H,7H2. The Morgan fingerprint density at radius 1 is 1.24 bits per heavy atom. The molecule has 17 heavy (non-hydrogen) atoms. The number of alkyl halides is 1. The van der Waals surface area contributed by atoms with Crippen molar-refractivity contribution >= 4 is 22.5 Å². The quantitative estimate of drug-likeness (QED) is 0.651. The fourth-order valence-corrected chi connectivity index (χ4v) is 1.74. The number of benzene rings is 1. The van der Waals surface area contributed by atoms with Crippen LogP contribution in [0, 0.1) is 0 Å². The highest BCUT2D eigenvalue weighted by atomic mass is 35.5. The van der Waals surface area contributed by atoms with Gasteiger partial charge in [-0.3, -0.25) is 4.98 Å². The van der Waals surface area contributed by atoms with E-state index in [1.165, 1.54) is 0 Å². The lowest BCUT2D eigenvalue weighted by atomic mass is 10.1. The van der Waals surface area contributed by atoms with Gasteiger partial charge >= 0.3 is 0 Å². The van der Waals surface area contributed by atoms with Gasteiger partial charge in [0.25, 0.3) is 0 Å². The van der Waals surface area contributed by atoms with Crippen molar-refractivity contribution in [2.45, 2.75) is 5.88 Å². The number of rotatable bonds is 2. The van der Waals surface area contributed by atoms with Crippen LogP contribution in [-0.2, 0) is 5.88 Å². The molecule has 0 unspecified atom stereocenters. The number of hydrogen-bond donors (Lipinski definition) is 0. The first-order valence-corrected chi connectivity index (χ1v) is 5.64. The summed E-state index contributed by atoms with van der Waals surface area (Å²) < 4.78 is 4.97. The normalized spacial score (nSPS) is 10.9. The van der Waals surface area contributed by atoms with Crippen molar-refractivity contribution in [3.05, 3.63) is 42.4 Å². The minimum Gasteiger partial charge on any atom is -0.338 e. The topological polar surface area (TPSA) is 51.8 Å². The Balaban J connectivity index is 2.11. The molecular formula is C12H8ClN3O. The van der Waals surface area contributed by atoms with Crippen LogP contribution in [-0.4, -0.2) is 15.1 Å². The van der Waals surface area contributed by atoms with E-state index in [1.807, 2.05) is 30.3 Å². The number of fused-ring (bicyclic) bond motifs is 1. The molecule has 5 heteroatoms. The first-order valence-electron chi connectivity index (χ1n) is 5.10. The number of nitrogens with zero attached hydrogens (tertiary/aromatic N) is 3. The second kappa shape index (κ2) is 4.14. The first kappa shape index (κ1) is 10.2. The zero-order valence-corrected chi connectivity index (χ0v) is 9.55. The molecule has 0 amide bonds. The minimum absolute atomic E-state index is 0.221. The Morgan fingerprint density at radius 3 is 3.00 bits per heavy atom. The Bertz CT molecular complexity index is 665. The molecule has 0 aliphatic rings. The van der Waals surface area contributed by atoms with E-state index < -0.39 is 0 Å². The Hall–Kier alpha value is -1.94. The molecule has 0 spiro atoms. The van der Waals surface area contributed by atoms with E-state index in [0.717, 1.165) is 16.5 Å². The SMILES string of the molecule is ClCc1nc(-c2ccc3cccnc3c2)no1. The maximum atomic E-state index is 5.61. The third-order valence-electron chi connectivity index (χ3n) is 2.45. The molecule has 0 N–H and O–H groups in total. The van der Waals surface area contributed by atoms with Crippen LogP contribution in [0.25, 0.3) is 22.3 Å². The van der Waals surface area contributed by atoms with Gasteiger partial charge in [0.15, 0.2) is 0 Å². The van der Waals surface area contributed by atoms with Crippen molar-refractivity contribution in [1.29, 1.82) is 0 Å². The number of aromatic nitrogens is 3. The lowest BCUT2D eigenvalue weighted by Crippen LogP contribution is -1.83. The number of hydrogen-bond acceptors (Lipinski definition) is 4. The van der Waals surface area contributed by atoms with Crippen LogP contribution in [0.15, 0.2) is 41.1 Å². The molecule has 0 radical (unpaired) electrons. The van der Waals surface area contributed by atoms with Crippen LogP contribution in [0.4, 0.5) is 0 Å². The van der Waals surface area contributed by atoms with Crippen LogP contribution >= 0.6 is 11.6 Å². The first-order chi connectivity index (χ1) is 8.36. The molecule has 1 aromatic carbocycles. The van der Waals surface area contributed by atoms with Crippen LogP contribution in [0.5, 0.6) is 0 Å². The van der Waals surface area contributed by atoms with Crippen molar-refractivity contribution in [1.82, 2.24) is 15.1 Å². The zero-order valence-electron chi connectivity index (χ0n) is 8.80. The highest BCUT2D eigenvalue weighted by Gasteiger charge is 2.08. The van der Waals surface area contributed by atoms with Gasteiger partial charge in [-0.15, -0.1) is 11.6 Å². The zero-order chi connectivity index (χ0) is 11.7. The van der Waals surface area contributed by atoms with Gasteiger partial charge in [0.2, 0.25) is 11.7 Å². The molecule has 0 fully saturated rings. The van der Waals surface area contributed by atoms with Crippen molar-refractivity contribution in [2.75, 3.05) is 0 Å². The number of halogens is 1. The molecule has 2 aromatic heterocycles. The maximum absolute atomic E-state index is 5.61. The maximum Gasteiger partial charge on any atom is 0.241 e. The molecule has 84 valence electrons. The summed E-state index contributed by atoms with van der Waals surface area (Å²) in [7, 11) is 0. The average Bonchev–Trinajstić information content (AvgIpc) is 2.87. The molecule has 0 saturated carbocycles. The minimum atomic E-state index is 0.221. The van der Waals surface area contributed by atoms with E-state index in [1.54, 1.807) is 6.20 Å². The van der Waals surface area contributed by atoms with E-state index >= 15 is 0 Å². The fraction of sp³-hybridized carbons (Fsp3) is 0.0833. The van der Waals surface area contributed by atoms with Gasteiger partial charge in [-0.05, 0) is 12.1 Å². The Morgan fingerprint density at radius 2 is 2.18 bits per heavy atom. The fourth-order valence-electron chi connectivity index (χ4n) is 1.63. The van der Waals surface area contributed by atoms with Gasteiger partial charge in [-0.2, -0.15) is 4.98 Å². The van der Waals surface area contributed by atoms with Crippen molar-refractivity contribution in [3.8, 4) is 11.4 Å². The summed E-state index contributed by atoms with van der Waals surface area (Å²) in [5, 5.41) is 4.95. The number of pyridine rings is 1. The van der Waals surface area contributed by atoms with Gasteiger partial charge < -0.3 is 4.52 Å².